The lowest BCUT2D eigenvalue weighted by atomic mass is 10.0. The molecule has 0 spiro atoms. The zero-order valence-electron chi connectivity index (χ0n) is 19.7. The van der Waals surface area contributed by atoms with Crippen LogP contribution in [0, 0.1) is 12.7 Å². The van der Waals surface area contributed by atoms with Crippen molar-refractivity contribution in [3.8, 4) is 11.1 Å². The number of rotatable bonds is 5. The summed E-state index contributed by atoms with van der Waals surface area (Å²) < 4.78 is 87.7. The molecule has 3 aromatic rings. The molecule has 1 aliphatic rings. The van der Waals surface area contributed by atoms with E-state index in [0.29, 0.717) is 18.1 Å². The van der Waals surface area contributed by atoms with Crippen LogP contribution in [0.4, 0.5) is 32.3 Å². The molecule has 0 bridgehead atoms. The van der Waals surface area contributed by atoms with Gasteiger partial charge in [0.05, 0.1) is 17.7 Å². The molecule has 0 aliphatic carbocycles. The Bertz CT molecular complexity index is 1300. The summed E-state index contributed by atoms with van der Waals surface area (Å²) in [4.78, 5) is 25.5. The fourth-order valence-corrected chi connectivity index (χ4v) is 3.99. The Hall–Kier alpha value is -3.75. The smallest absolute Gasteiger partial charge is 0.352 e. The molecule has 1 N–H and O–H groups in total. The number of pyridine rings is 1. The van der Waals surface area contributed by atoms with Gasteiger partial charge in [0.15, 0.2) is 5.69 Å². The van der Waals surface area contributed by atoms with Gasteiger partial charge in [-0.2, -0.15) is 27.1 Å². The van der Waals surface area contributed by atoms with Crippen LogP contribution >= 0.6 is 0 Å². The van der Waals surface area contributed by atoms with Crippen LogP contribution in [0.25, 0.3) is 11.1 Å². The molecule has 1 saturated heterocycles. The molecule has 0 unspecified atom stereocenters. The largest absolute Gasteiger partial charge is 0.419 e. The van der Waals surface area contributed by atoms with Gasteiger partial charge in [0.2, 0.25) is 5.95 Å². The highest BCUT2D eigenvalue weighted by Crippen LogP contribution is 2.34. The van der Waals surface area contributed by atoms with Gasteiger partial charge in [0, 0.05) is 55.2 Å². The number of anilines is 1. The van der Waals surface area contributed by atoms with Crippen molar-refractivity contribution in [3.05, 3.63) is 53.6 Å². The molecule has 1 fully saturated rings. The number of nitrogens with zero attached hydrogens (tertiary/aromatic N) is 6. The molecule has 1 amide bonds. The number of aryl methyl sites for hydroxylation is 1. The third kappa shape index (κ3) is 5.35. The van der Waals surface area contributed by atoms with E-state index < -0.39 is 48.3 Å². The lowest BCUT2D eigenvalue weighted by Gasteiger charge is -2.43. The van der Waals surface area contributed by atoms with Crippen LogP contribution in [0.2, 0.25) is 0 Å². The van der Waals surface area contributed by atoms with Gasteiger partial charge in [-0.25, -0.2) is 14.4 Å². The SMILES string of the molecule is Cc1c(-c2cnccc2F)c(C(=O)N2CC(F)(F)O[C@@H](C)[C@H]2CNc2ncc(C(F)(F)F)cn2)nn1C. The van der Waals surface area contributed by atoms with Crippen molar-refractivity contribution in [1.82, 2.24) is 29.6 Å². The van der Waals surface area contributed by atoms with E-state index >= 15 is 0 Å². The zero-order chi connectivity index (χ0) is 27.1. The zero-order valence-corrected chi connectivity index (χ0v) is 19.7. The molecule has 198 valence electrons. The highest BCUT2D eigenvalue weighted by atomic mass is 19.4. The van der Waals surface area contributed by atoms with E-state index in [4.69, 9.17) is 4.74 Å². The molecule has 4 heterocycles. The maximum Gasteiger partial charge on any atom is 0.419 e. The monoisotopic (exact) mass is 529 g/mol. The van der Waals surface area contributed by atoms with Crippen LogP contribution < -0.4 is 5.32 Å². The van der Waals surface area contributed by atoms with Crippen molar-refractivity contribution in [2.45, 2.75) is 38.3 Å². The number of carbonyl (C=O) groups is 1. The Morgan fingerprint density at radius 1 is 1.24 bits per heavy atom. The van der Waals surface area contributed by atoms with Crippen LogP contribution in [-0.4, -0.2) is 66.9 Å². The van der Waals surface area contributed by atoms with Crippen LogP contribution in [-0.2, 0) is 18.0 Å². The lowest BCUT2D eigenvalue weighted by Crippen LogP contribution is -2.61. The third-order valence-corrected chi connectivity index (χ3v) is 5.94. The van der Waals surface area contributed by atoms with E-state index in [2.05, 4.69) is 25.4 Å². The molecule has 0 aromatic carbocycles. The lowest BCUT2D eigenvalue weighted by molar-refractivity contribution is -0.298. The number of alkyl halides is 5. The van der Waals surface area contributed by atoms with Crippen molar-refractivity contribution < 1.29 is 35.9 Å². The number of hydrogen-bond acceptors (Lipinski definition) is 7. The number of carbonyl (C=O) groups excluding carboxylic acids is 1. The van der Waals surface area contributed by atoms with Gasteiger partial charge in [-0.1, -0.05) is 0 Å². The van der Waals surface area contributed by atoms with Crippen LogP contribution in [0.1, 0.15) is 28.7 Å². The molecule has 15 heteroatoms. The van der Waals surface area contributed by atoms with E-state index in [0.717, 1.165) is 11.0 Å². The summed E-state index contributed by atoms with van der Waals surface area (Å²) in [6.45, 7) is 1.53. The minimum atomic E-state index is -4.63. The Balaban J connectivity index is 1.65. The average Bonchev–Trinajstić information content (AvgIpc) is 3.11. The van der Waals surface area contributed by atoms with Crippen molar-refractivity contribution in [3.63, 3.8) is 0 Å². The molecule has 9 nitrogen and oxygen atoms in total. The summed E-state index contributed by atoms with van der Waals surface area (Å²) >= 11 is 0. The quantitative estimate of drug-likeness (QED) is 0.504. The summed E-state index contributed by atoms with van der Waals surface area (Å²) in [6, 6.07) is 0.0598. The maximum absolute atomic E-state index is 14.6. The molecule has 4 rings (SSSR count). The van der Waals surface area contributed by atoms with Gasteiger partial charge in [-0.3, -0.25) is 14.5 Å². The van der Waals surface area contributed by atoms with Gasteiger partial charge in [0.25, 0.3) is 5.91 Å². The number of morpholine rings is 1. The van der Waals surface area contributed by atoms with Crippen molar-refractivity contribution in [1.29, 1.82) is 0 Å². The van der Waals surface area contributed by atoms with Crippen molar-refractivity contribution in [2.24, 2.45) is 7.05 Å². The first kappa shape index (κ1) is 26.3. The standard InChI is InChI=1S/C22H21F6N7O2/c1-11-17(14-8-29-5-4-15(14)23)18(33-34(11)3)19(36)35-10-21(24,25)37-12(2)16(35)9-32-20-30-6-13(7-31-20)22(26,27)28/h4-8,12,16H,9-10H2,1-3H3,(H,30,31,32)/t12-,16+/m0/s1. The second-order valence-electron chi connectivity index (χ2n) is 8.42. The third-order valence-electron chi connectivity index (χ3n) is 5.94. The number of ether oxygens (including phenoxy) is 1. The molecular formula is C22H21F6N7O2. The Morgan fingerprint density at radius 2 is 1.92 bits per heavy atom. The number of hydrogen-bond donors (Lipinski definition) is 1. The minimum absolute atomic E-state index is 0.0302. The summed E-state index contributed by atoms with van der Waals surface area (Å²) in [7, 11) is 1.52. The van der Waals surface area contributed by atoms with Gasteiger partial charge in [-0.05, 0) is 19.9 Å². The van der Waals surface area contributed by atoms with E-state index in [1.54, 1.807) is 6.92 Å². The second-order valence-corrected chi connectivity index (χ2v) is 8.42. The van der Waals surface area contributed by atoms with Gasteiger partial charge < -0.3 is 15.0 Å². The van der Waals surface area contributed by atoms with Gasteiger partial charge in [-0.15, -0.1) is 0 Å². The van der Waals surface area contributed by atoms with Gasteiger partial charge in [0.1, 0.15) is 12.4 Å². The second kappa shape index (κ2) is 9.61. The van der Waals surface area contributed by atoms with Crippen LogP contribution in [0.15, 0.2) is 30.9 Å². The van der Waals surface area contributed by atoms with Crippen LogP contribution in [0.3, 0.4) is 0 Å². The normalized spacial score (nSPS) is 19.6. The maximum atomic E-state index is 14.6. The number of amides is 1. The molecular weight excluding hydrogens is 508 g/mol. The number of halogens is 6. The summed E-state index contributed by atoms with van der Waals surface area (Å²) in [5.41, 5.74) is -0.871. The summed E-state index contributed by atoms with van der Waals surface area (Å²) in [6.07, 6.45) is -5.98. The van der Waals surface area contributed by atoms with Gasteiger partial charge >= 0.3 is 12.3 Å². The average molecular weight is 529 g/mol. The van der Waals surface area contributed by atoms with E-state index in [1.807, 2.05) is 0 Å². The Kier molecular flexibility index (Phi) is 6.83. The van der Waals surface area contributed by atoms with Crippen LogP contribution in [0.5, 0.6) is 0 Å². The van der Waals surface area contributed by atoms with E-state index in [-0.39, 0.29) is 29.3 Å². The highest BCUT2D eigenvalue weighted by Gasteiger charge is 2.48. The number of aromatic nitrogens is 5. The van der Waals surface area contributed by atoms with E-state index in [1.165, 1.54) is 31.0 Å². The predicted octanol–water partition coefficient (Wildman–Crippen LogP) is 3.67. The first-order valence-corrected chi connectivity index (χ1v) is 10.9. The minimum Gasteiger partial charge on any atom is -0.352 e. The molecule has 37 heavy (non-hydrogen) atoms. The fourth-order valence-electron chi connectivity index (χ4n) is 3.99. The Morgan fingerprint density at radius 3 is 2.54 bits per heavy atom. The molecule has 1 aliphatic heterocycles. The Labute approximate surface area is 206 Å². The summed E-state index contributed by atoms with van der Waals surface area (Å²) in [5, 5.41) is 6.81. The highest BCUT2D eigenvalue weighted by molar-refractivity contribution is 6.00. The summed E-state index contributed by atoms with van der Waals surface area (Å²) in [5.74, 6) is -1.81. The van der Waals surface area contributed by atoms with E-state index in [9.17, 15) is 31.1 Å². The molecule has 2 atom stereocenters. The molecule has 0 saturated carbocycles. The molecule has 3 aromatic heterocycles. The fraction of sp³-hybridized carbons (Fsp3) is 0.409. The van der Waals surface area contributed by atoms with Crippen molar-refractivity contribution >= 4 is 11.9 Å². The number of nitrogens with one attached hydrogen (secondary N) is 1. The topological polar surface area (TPSA) is 98.1 Å². The molecule has 0 radical (unpaired) electrons. The first-order chi connectivity index (χ1) is 17.3. The first-order valence-electron chi connectivity index (χ1n) is 10.9. The predicted molar refractivity (Wildman–Crippen MR) is 117 cm³/mol. The van der Waals surface area contributed by atoms with Crippen molar-refractivity contribution in [2.75, 3.05) is 18.4 Å².